The third kappa shape index (κ3) is 2.08. The molecule has 2 rings (SSSR count). The van der Waals surface area contributed by atoms with Crippen LogP contribution in [0.15, 0.2) is 0 Å². The molecule has 0 unspecified atom stereocenters. The van der Waals surface area contributed by atoms with Gasteiger partial charge in [0.25, 0.3) is 0 Å². The maximum atomic E-state index is 10.7. The normalized spacial score (nSPS) is 27.3. The second-order valence-electron chi connectivity index (χ2n) is 5.13. The van der Waals surface area contributed by atoms with E-state index in [-0.39, 0.29) is 5.91 Å². The first kappa shape index (κ1) is 9.97. The van der Waals surface area contributed by atoms with Crippen molar-refractivity contribution in [2.24, 2.45) is 5.41 Å². The monoisotopic (exact) mass is 197 g/mol. The van der Waals surface area contributed by atoms with Crippen LogP contribution in [-0.4, -0.2) is 23.2 Å². The maximum Gasteiger partial charge on any atom is 0.216 e. The van der Waals surface area contributed by atoms with Gasteiger partial charge in [0.1, 0.15) is 0 Å². The standard InChI is InChI=1S/C11H19NO2/c1-9(13)12-8-11(14)6-4-10(2-3-10)5-7-11/h14H,2-8H2,1H3,(H,12,13). The van der Waals surface area contributed by atoms with Gasteiger partial charge in [-0.05, 0) is 43.9 Å². The Balaban J connectivity index is 1.82. The van der Waals surface area contributed by atoms with Crippen LogP contribution in [0.5, 0.6) is 0 Å². The second-order valence-corrected chi connectivity index (χ2v) is 5.13. The number of aliphatic hydroxyl groups is 1. The highest BCUT2D eigenvalue weighted by molar-refractivity contribution is 5.72. The zero-order valence-electron chi connectivity index (χ0n) is 8.81. The van der Waals surface area contributed by atoms with Crippen molar-refractivity contribution in [1.82, 2.24) is 5.32 Å². The molecule has 80 valence electrons. The van der Waals surface area contributed by atoms with Crippen LogP contribution < -0.4 is 5.32 Å². The van der Waals surface area contributed by atoms with Gasteiger partial charge in [-0.15, -0.1) is 0 Å². The van der Waals surface area contributed by atoms with Crippen molar-refractivity contribution in [3.8, 4) is 0 Å². The molecule has 0 atom stereocenters. The number of carbonyl (C=O) groups is 1. The third-order valence-corrected chi connectivity index (χ3v) is 3.86. The molecule has 0 heterocycles. The van der Waals surface area contributed by atoms with E-state index < -0.39 is 5.60 Å². The number of amides is 1. The van der Waals surface area contributed by atoms with Gasteiger partial charge in [0, 0.05) is 13.5 Å². The fraction of sp³-hybridized carbons (Fsp3) is 0.909. The highest BCUT2D eigenvalue weighted by atomic mass is 16.3. The van der Waals surface area contributed by atoms with Crippen LogP contribution in [0.2, 0.25) is 0 Å². The molecule has 2 aliphatic rings. The summed E-state index contributed by atoms with van der Waals surface area (Å²) < 4.78 is 0. The maximum absolute atomic E-state index is 10.7. The zero-order chi connectivity index (χ0) is 10.2. The predicted octanol–water partition coefficient (Wildman–Crippen LogP) is 1.21. The van der Waals surface area contributed by atoms with E-state index in [0.29, 0.717) is 12.0 Å². The van der Waals surface area contributed by atoms with E-state index >= 15 is 0 Å². The van der Waals surface area contributed by atoms with Crippen LogP contribution in [0.25, 0.3) is 0 Å². The minimum Gasteiger partial charge on any atom is -0.388 e. The van der Waals surface area contributed by atoms with E-state index in [1.54, 1.807) is 0 Å². The molecule has 1 spiro atoms. The molecule has 1 amide bonds. The van der Waals surface area contributed by atoms with E-state index in [4.69, 9.17) is 0 Å². The fourth-order valence-electron chi connectivity index (χ4n) is 2.39. The summed E-state index contributed by atoms with van der Waals surface area (Å²) in [4.78, 5) is 10.7. The van der Waals surface area contributed by atoms with E-state index in [1.807, 2.05) is 0 Å². The molecule has 0 aliphatic heterocycles. The van der Waals surface area contributed by atoms with Gasteiger partial charge in [-0.25, -0.2) is 0 Å². The lowest BCUT2D eigenvalue weighted by molar-refractivity contribution is -0.120. The first-order valence-corrected chi connectivity index (χ1v) is 5.51. The van der Waals surface area contributed by atoms with Gasteiger partial charge in [-0.3, -0.25) is 4.79 Å². The molecular formula is C11H19NO2. The van der Waals surface area contributed by atoms with Crippen LogP contribution in [0, 0.1) is 5.41 Å². The average molecular weight is 197 g/mol. The number of hydrogen-bond donors (Lipinski definition) is 2. The second kappa shape index (κ2) is 3.23. The van der Waals surface area contributed by atoms with Crippen molar-refractivity contribution >= 4 is 5.91 Å². The van der Waals surface area contributed by atoms with Crippen LogP contribution in [0.1, 0.15) is 45.4 Å². The van der Waals surface area contributed by atoms with Gasteiger partial charge in [0.05, 0.1) is 5.60 Å². The lowest BCUT2D eigenvalue weighted by Crippen LogP contribution is -2.45. The molecule has 0 bridgehead atoms. The first-order valence-electron chi connectivity index (χ1n) is 5.51. The number of carbonyl (C=O) groups excluding carboxylic acids is 1. The summed E-state index contributed by atoms with van der Waals surface area (Å²) in [5, 5.41) is 12.9. The van der Waals surface area contributed by atoms with Crippen LogP contribution in [0.4, 0.5) is 0 Å². The predicted molar refractivity (Wildman–Crippen MR) is 53.8 cm³/mol. The van der Waals surface area contributed by atoms with Gasteiger partial charge in [0.15, 0.2) is 0 Å². The van der Waals surface area contributed by atoms with Crippen LogP contribution in [0.3, 0.4) is 0 Å². The van der Waals surface area contributed by atoms with E-state index in [0.717, 1.165) is 25.7 Å². The van der Waals surface area contributed by atoms with Crippen LogP contribution in [-0.2, 0) is 4.79 Å². The molecule has 2 fully saturated rings. The van der Waals surface area contributed by atoms with Gasteiger partial charge in [0.2, 0.25) is 5.91 Å². The molecule has 0 aromatic rings. The Labute approximate surface area is 84.9 Å². The lowest BCUT2D eigenvalue weighted by atomic mass is 9.77. The van der Waals surface area contributed by atoms with E-state index in [1.165, 1.54) is 19.8 Å². The van der Waals surface area contributed by atoms with E-state index in [9.17, 15) is 9.90 Å². The molecule has 14 heavy (non-hydrogen) atoms. The summed E-state index contributed by atoms with van der Waals surface area (Å²) in [6.07, 6.45) is 6.69. The molecule has 0 aromatic carbocycles. The Bertz CT molecular complexity index is 236. The fourth-order valence-corrected chi connectivity index (χ4v) is 2.39. The van der Waals surface area contributed by atoms with Crippen molar-refractivity contribution in [3.63, 3.8) is 0 Å². The molecular weight excluding hydrogens is 178 g/mol. The Morgan fingerprint density at radius 1 is 1.21 bits per heavy atom. The molecule has 2 N–H and O–H groups in total. The molecule has 0 radical (unpaired) electrons. The Kier molecular flexibility index (Phi) is 2.30. The summed E-state index contributed by atoms with van der Waals surface area (Å²) >= 11 is 0. The summed E-state index contributed by atoms with van der Waals surface area (Å²) in [5.41, 5.74) is -0.0258. The molecule has 3 nitrogen and oxygen atoms in total. The summed E-state index contributed by atoms with van der Waals surface area (Å²) in [5.74, 6) is -0.0508. The minimum absolute atomic E-state index is 0.0508. The van der Waals surface area contributed by atoms with Crippen molar-refractivity contribution in [3.05, 3.63) is 0 Å². The first-order chi connectivity index (χ1) is 6.54. The highest BCUT2D eigenvalue weighted by Gasteiger charge is 2.48. The average Bonchev–Trinajstić information content (AvgIpc) is 2.89. The molecule has 2 aliphatic carbocycles. The van der Waals surface area contributed by atoms with Crippen molar-refractivity contribution in [2.45, 2.75) is 51.0 Å². The Hall–Kier alpha value is -0.570. The largest absolute Gasteiger partial charge is 0.388 e. The summed E-state index contributed by atoms with van der Waals surface area (Å²) in [7, 11) is 0. The zero-order valence-corrected chi connectivity index (χ0v) is 8.81. The van der Waals surface area contributed by atoms with Gasteiger partial charge >= 0.3 is 0 Å². The number of hydrogen-bond acceptors (Lipinski definition) is 2. The SMILES string of the molecule is CC(=O)NCC1(O)CCC2(CC1)CC2. The van der Waals surface area contributed by atoms with Crippen molar-refractivity contribution in [1.29, 1.82) is 0 Å². The summed E-state index contributed by atoms with van der Waals surface area (Å²) in [6, 6.07) is 0. The smallest absolute Gasteiger partial charge is 0.216 e. The lowest BCUT2D eigenvalue weighted by Gasteiger charge is -2.36. The van der Waals surface area contributed by atoms with Crippen molar-refractivity contribution in [2.75, 3.05) is 6.54 Å². The Morgan fingerprint density at radius 2 is 1.71 bits per heavy atom. The van der Waals surface area contributed by atoms with Crippen LogP contribution >= 0.6 is 0 Å². The number of nitrogens with one attached hydrogen (secondary N) is 1. The highest BCUT2D eigenvalue weighted by Crippen LogP contribution is 2.57. The van der Waals surface area contributed by atoms with Crippen molar-refractivity contribution < 1.29 is 9.90 Å². The number of rotatable bonds is 2. The molecule has 0 aromatic heterocycles. The van der Waals surface area contributed by atoms with E-state index in [2.05, 4.69) is 5.32 Å². The minimum atomic E-state index is -0.625. The Morgan fingerprint density at radius 3 is 2.14 bits per heavy atom. The molecule has 3 heteroatoms. The summed E-state index contributed by atoms with van der Waals surface area (Å²) in [6.45, 7) is 1.92. The van der Waals surface area contributed by atoms with Gasteiger partial charge in [-0.1, -0.05) is 0 Å². The quantitative estimate of drug-likeness (QED) is 0.699. The topological polar surface area (TPSA) is 49.3 Å². The molecule has 0 saturated heterocycles. The van der Waals surface area contributed by atoms with Gasteiger partial charge < -0.3 is 10.4 Å². The molecule has 2 saturated carbocycles. The third-order valence-electron chi connectivity index (χ3n) is 3.86. The van der Waals surface area contributed by atoms with Gasteiger partial charge in [-0.2, -0.15) is 0 Å².